The van der Waals surface area contributed by atoms with Gasteiger partial charge in [0.05, 0.1) is 6.61 Å². The third-order valence-corrected chi connectivity index (χ3v) is 2.45. The molecule has 0 bridgehead atoms. The predicted molar refractivity (Wildman–Crippen MR) is 55.4 cm³/mol. The molecule has 3 nitrogen and oxygen atoms in total. The fourth-order valence-corrected chi connectivity index (χ4v) is 1.68. The van der Waals surface area contributed by atoms with Gasteiger partial charge >= 0.3 is 0 Å². The molecule has 0 saturated carbocycles. The Morgan fingerprint density at radius 2 is 1.87 bits per heavy atom. The van der Waals surface area contributed by atoms with Gasteiger partial charge in [-0.3, -0.25) is 0 Å². The maximum atomic E-state index is 11.8. The van der Waals surface area contributed by atoms with Crippen molar-refractivity contribution in [3.8, 4) is 0 Å². The van der Waals surface area contributed by atoms with Crippen LogP contribution in [0.1, 0.15) is 12.8 Å². The van der Waals surface area contributed by atoms with Crippen molar-refractivity contribution < 1.29 is 13.5 Å². The van der Waals surface area contributed by atoms with E-state index < -0.39 is 13.0 Å². The summed E-state index contributed by atoms with van der Waals surface area (Å²) in [5.74, 6) is 0. The summed E-state index contributed by atoms with van der Waals surface area (Å²) in [6.07, 6.45) is -0.106. The number of nitrogens with one attached hydrogen (secondary N) is 1. The van der Waals surface area contributed by atoms with Crippen LogP contribution >= 0.6 is 0 Å². The molecule has 1 N–H and O–H groups in total. The monoisotopic (exact) mass is 222 g/mol. The van der Waals surface area contributed by atoms with E-state index >= 15 is 0 Å². The summed E-state index contributed by atoms with van der Waals surface area (Å²) in [7, 11) is 0. The van der Waals surface area contributed by atoms with Crippen LogP contribution in [0.15, 0.2) is 0 Å². The van der Waals surface area contributed by atoms with Gasteiger partial charge in [-0.2, -0.15) is 0 Å². The van der Waals surface area contributed by atoms with E-state index in [9.17, 15) is 8.78 Å². The number of halogens is 2. The van der Waals surface area contributed by atoms with Crippen molar-refractivity contribution >= 4 is 0 Å². The van der Waals surface area contributed by atoms with Crippen molar-refractivity contribution in [3.05, 3.63) is 0 Å². The minimum Gasteiger partial charge on any atom is -0.374 e. The Morgan fingerprint density at radius 3 is 2.47 bits per heavy atom. The first kappa shape index (κ1) is 12.8. The van der Waals surface area contributed by atoms with Crippen molar-refractivity contribution in [1.29, 1.82) is 0 Å². The summed E-state index contributed by atoms with van der Waals surface area (Å²) >= 11 is 0. The van der Waals surface area contributed by atoms with Gasteiger partial charge in [0.15, 0.2) is 0 Å². The van der Waals surface area contributed by atoms with E-state index in [-0.39, 0.29) is 0 Å². The zero-order valence-electron chi connectivity index (χ0n) is 9.05. The van der Waals surface area contributed by atoms with Crippen LogP contribution in [0.5, 0.6) is 0 Å². The smallest absolute Gasteiger partial charge is 0.261 e. The lowest BCUT2D eigenvalue weighted by Gasteiger charge is -2.24. The molecule has 0 radical (unpaired) electrons. The standard InChI is InChI=1S/C10H20F2N2O/c11-10(12)9-15-8-7-14-5-1-3-13-4-2-6-14/h10,13H,1-9H2. The van der Waals surface area contributed by atoms with Gasteiger partial charge in [-0.1, -0.05) is 0 Å². The highest BCUT2D eigenvalue weighted by Crippen LogP contribution is 1.98. The Labute approximate surface area is 89.8 Å². The fourth-order valence-electron chi connectivity index (χ4n) is 1.68. The molecule has 0 aromatic carbocycles. The maximum absolute atomic E-state index is 11.8. The van der Waals surface area contributed by atoms with E-state index in [4.69, 9.17) is 4.74 Å². The minimum absolute atomic E-state index is 0.414. The summed E-state index contributed by atoms with van der Waals surface area (Å²) in [6.45, 7) is 4.92. The molecule has 0 aromatic heterocycles. The van der Waals surface area contributed by atoms with Crippen LogP contribution in [0.4, 0.5) is 8.78 Å². The normalized spacial score (nSPS) is 20.2. The topological polar surface area (TPSA) is 24.5 Å². The van der Waals surface area contributed by atoms with E-state index in [0.717, 1.165) is 45.6 Å². The highest BCUT2D eigenvalue weighted by Gasteiger charge is 2.08. The summed E-state index contributed by atoms with van der Waals surface area (Å²) in [4.78, 5) is 2.28. The summed E-state index contributed by atoms with van der Waals surface area (Å²) < 4.78 is 28.4. The first-order valence-electron chi connectivity index (χ1n) is 5.58. The molecule has 1 aliphatic heterocycles. The third kappa shape index (κ3) is 6.76. The Bertz CT molecular complexity index is 150. The second-order valence-corrected chi connectivity index (χ2v) is 3.76. The molecular formula is C10H20F2N2O. The zero-order chi connectivity index (χ0) is 10.9. The van der Waals surface area contributed by atoms with Crippen molar-refractivity contribution in [2.24, 2.45) is 0 Å². The molecule has 5 heteroatoms. The Morgan fingerprint density at radius 1 is 1.20 bits per heavy atom. The van der Waals surface area contributed by atoms with E-state index in [1.54, 1.807) is 0 Å². The summed E-state index contributed by atoms with van der Waals surface area (Å²) in [6, 6.07) is 0. The second kappa shape index (κ2) is 7.96. The number of hydrogen-bond acceptors (Lipinski definition) is 3. The molecule has 0 aromatic rings. The van der Waals surface area contributed by atoms with Gasteiger partial charge in [0.1, 0.15) is 6.61 Å². The lowest BCUT2D eigenvalue weighted by Crippen LogP contribution is -2.36. The lowest BCUT2D eigenvalue weighted by molar-refractivity contribution is 0.00936. The SMILES string of the molecule is FC(F)COCCN1CCCNCCC1. The fraction of sp³-hybridized carbons (Fsp3) is 1.00. The minimum atomic E-state index is -2.35. The molecule has 0 unspecified atom stereocenters. The van der Waals surface area contributed by atoms with Crippen LogP contribution in [0, 0.1) is 0 Å². The number of rotatable bonds is 5. The van der Waals surface area contributed by atoms with Gasteiger partial charge in [0.2, 0.25) is 0 Å². The molecule has 0 atom stereocenters. The molecule has 0 amide bonds. The van der Waals surface area contributed by atoms with Gasteiger partial charge in [-0.25, -0.2) is 8.78 Å². The predicted octanol–water partition coefficient (Wildman–Crippen LogP) is 0.953. The van der Waals surface area contributed by atoms with Crippen LogP contribution in [0.25, 0.3) is 0 Å². The van der Waals surface area contributed by atoms with Crippen LogP contribution in [0.3, 0.4) is 0 Å². The third-order valence-electron chi connectivity index (χ3n) is 2.45. The molecular weight excluding hydrogens is 202 g/mol. The molecule has 1 heterocycles. The molecule has 1 fully saturated rings. The van der Waals surface area contributed by atoms with Crippen molar-refractivity contribution in [2.75, 3.05) is 45.9 Å². The Kier molecular flexibility index (Phi) is 6.80. The van der Waals surface area contributed by atoms with Crippen molar-refractivity contribution in [2.45, 2.75) is 19.3 Å². The van der Waals surface area contributed by atoms with E-state index in [1.165, 1.54) is 0 Å². The molecule has 0 aliphatic carbocycles. The molecule has 0 spiro atoms. The highest BCUT2D eigenvalue weighted by atomic mass is 19.3. The summed E-state index contributed by atoms with van der Waals surface area (Å²) in [5.41, 5.74) is 0. The van der Waals surface area contributed by atoms with Gasteiger partial charge in [-0.15, -0.1) is 0 Å². The quantitative estimate of drug-likeness (QED) is 0.701. The zero-order valence-corrected chi connectivity index (χ0v) is 9.05. The Balaban J connectivity index is 2.02. The molecule has 1 rings (SSSR count). The van der Waals surface area contributed by atoms with Gasteiger partial charge in [0.25, 0.3) is 6.43 Å². The number of alkyl halides is 2. The number of hydrogen-bond donors (Lipinski definition) is 1. The van der Waals surface area contributed by atoms with Gasteiger partial charge in [0, 0.05) is 6.54 Å². The largest absolute Gasteiger partial charge is 0.374 e. The van der Waals surface area contributed by atoms with Crippen LogP contribution < -0.4 is 5.32 Å². The maximum Gasteiger partial charge on any atom is 0.261 e. The van der Waals surface area contributed by atoms with Crippen LogP contribution in [-0.4, -0.2) is 57.3 Å². The van der Waals surface area contributed by atoms with Crippen LogP contribution in [-0.2, 0) is 4.74 Å². The lowest BCUT2D eigenvalue weighted by atomic mass is 10.3. The van der Waals surface area contributed by atoms with Crippen molar-refractivity contribution in [3.63, 3.8) is 0 Å². The average molecular weight is 222 g/mol. The van der Waals surface area contributed by atoms with E-state index in [0.29, 0.717) is 6.61 Å². The van der Waals surface area contributed by atoms with Gasteiger partial charge in [-0.05, 0) is 39.0 Å². The number of nitrogens with zero attached hydrogens (tertiary/aromatic N) is 1. The molecule has 90 valence electrons. The first-order chi connectivity index (χ1) is 7.29. The second-order valence-electron chi connectivity index (χ2n) is 3.76. The average Bonchev–Trinajstić information content (AvgIpc) is 2.14. The van der Waals surface area contributed by atoms with Gasteiger partial charge < -0.3 is 15.0 Å². The molecule has 15 heavy (non-hydrogen) atoms. The highest BCUT2D eigenvalue weighted by molar-refractivity contribution is 4.63. The first-order valence-corrected chi connectivity index (χ1v) is 5.58. The van der Waals surface area contributed by atoms with E-state index in [1.807, 2.05) is 0 Å². The summed E-state index contributed by atoms with van der Waals surface area (Å²) in [5, 5.41) is 3.33. The van der Waals surface area contributed by atoms with E-state index in [2.05, 4.69) is 10.2 Å². The Hall–Kier alpha value is -0.260. The number of ether oxygens (including phenoxy) is 1. The molecule has 1 aliphatic rings. The van der Waals surface area contributed by atoms with Crippen LogP contribution in [0.2, 0.25) is 0 Å². The molecule has 1 saturated heterocycles. The van der Waals surface area contributed by atoms with Crippen molar-refractivity contribution in [1.82, 2.24) is 10.2 Å².